The number of amidine groups is 1. The zero-order valence-corrected chi connectivity index (χ0v) is 11.4. The smallest absolute Gasteiger partial charge is 0.139 e. The van der Waals surface area contributed by atoms with Gasteiger partial charge < -0.3 is 10.1 Å². The van der Waals surface area contributed by atoms with Crippen LogP contribution < -0.4 is 5.32 Å². The van der Waals surface area contributed by atoms with E-state index in [-0.39, 0.29) is 11.5 Å². The van der Waals surface area contributed by atoms with Gasteiger partial charge in [-0.05, 0) is 12.5 Å². The zero-order chi connectivity index (χ0) is 13.0. The normalized spacial score (nSPS) is 19.8. The third kappa shape index (κ3) is 3.10. The first kappa shape index (κ1) is 13.1. The van der Waals surface area contributed by atoms with Gasteiger partial charge in [0.05, 0.1) is 0 Å². The van der Waals surface area contributed by atoms with Crippen molar-refractivity contribution in [1.29, 1.82) is 0 Å². The zero-order valence-electron chi connectivity index (χ0n) is 11.4. The Bertz CT molecular complexity index is 412. The number of ether oxygens (including phenoxy) is 1. The van der Waals surface area contributed by atoms with E-state index in [4.69, 9.17) is 4.74 Å². The molecule has 1 aliphatic rings. The molecule has 0 saturated heterocycles. The molecule has 0 fully saturated rings. The van der Waals surface area contributed by atoms with Gasteiger partial charge in [0, 0.05) is 25.1 Å². The Kier molecular flexibility index (Phi) is 4.02. The second-order valence-electron chi connectivity index (χ2n) is 5.47. The van der Waals surface area contributed by atoms with Gasteiger partial charge in [0.2, 0.25) is 0 Å². The first-order valence-corrected chi connectivity index (χ1v) is 6.57. The Morgan fingerprint density at radius 1 is 1.33 bits per heavy atom. The van der Waals surface area contributed by atoms with E-state index >= 15 is 0 Å². The molecule has 98 valence electrons. The molecule has 1 aromatic carbocycles. The number of aliphatic imine (C=N–C) groups is 1. The molecule has 1 aliphatic heterocycles. The number of rotatable bonds is 4. The highest BCUT2D eigenvalue weighted by Gasteiger charge is 2.27. The lowest BCUT2D eigenvalue weighted by Crippen LogP contribution is -2.43. The molecule has 0 saturated carbocycles. The SMILES string of the molecule is CCOC(C1=NCC(C)(C)CN1)c1ccccc1. The van der Waals surface area contributed by atoms with E-state index < -0.39 is 0 Å². The van der Waals surface area contributed by atoms with Crippen LogP contribution in [0.3, 0.4) is 0 Å². The summed E-state index contributed by atoms with van der Waals surface area (Å²) >= 11 is 0. The first-order valence-electron chi connectivity index (χ1n) is 6.57. The van der Waals surface area contributed by atoms with Crippen LogP contribution in [0.1, 0.15) is 32.4 Å². The van der Waals surface area contributed by atoms with Crippen molar-refractivity contribution in [3.63, 3.8) is 0 Å². The number of benzene rings is 1. The minimum Gasteiger partial charge on any atom is -0.371 e. The third-order valence-electron chi connectivity index (χ3n) is 3.11. The van der Waals surface area contributed by atoms with Crippen LogP contribution in [0, 0.1) is 5.41 Å². The predicted molar refractivity (Wildman–Crippen MR) is 74.9 cm³/mol. The summed E-state index contributed by atoms with van der Waals surface area (Å²) in [6, 6.07) is 10.3. The van der Waals surface area contributed by atoms with Gasteiger partial charge in [0.1, 0.15) is 11.9 Å². The van der Waals surface area contributed by atoms with Gasteiger partial charge in [-0.25, -0.2) is 0 Å². The van der Waals surface area contributed by atoms with Crippen molar-refractivity contribution in [3.05, 3.63) is 35.9 Å². The largest absolute Gasteiger partial charge is 0.371 e. The van der Waals surface area contributed by atoms with E-state index in [0.717, 1.165) is 24.5 Å². The molecule has 0 aromatic heterocycles. The molecular weight excluding hydrogens is 224 g/mol. The highest BCUT2D eigenvalue weighted by atomic mass is 16.5. The van der Waals surface area contributed by atoms with E-state index in [1.165, 1.54) is 0 Å². The molecular formula is C15H22N2O. The van der Waals surface area contributed by atoms with Gasteiger partial charge in [-0.1, -0.05) is 44.2 Å². The number of hydrogen-bond donors (Lipinski definition) is 1. The summed E-state index contributed by atoms with van der Waals surface area (Å²) in [6.07, 6.45) is -0.0627. The Morgan fingerprint density at radius 2 is 2.06 bits per heavy atom. The van der Waals surface area contributed by atoms with E-state index in [1.54, 1.807) is 0 Å². The minimum atomic E-state index is -0.0627. The van der Waals surface area contributed by atoms with Crippen LogP contribution in [-0.2, 0) is 4.74 Å². The number of nitrogens with one attached hydrogen (secondary N) is 1. The van der Waals surface area contributed by atoms with E-state index in [1.807, 2.05) is 25.1 Å². The Balaban J connectivity index is 2.19. The van der Waals surface area contributed by atoms with Crippen LogP contribution in [0.4, 0.5) is 0 Å². The molecule has 1 unspecified atom stereocenters. The van der Waals surface area contributed by atoms with Gasteiger partial charge in [0.15, 0.2) is 0 Å². The Labute approximate surface area is 109 Å². The average Bonchev–Trinajstić information content (AvgIpc) is 2.38. The van der Waals surface area contributed by atoms with Gasteiger partial charge in [-0.2, -0.15) is 0 Å². The van der Waals surface area contributed by atoms with Gasteiger partial charge in [-0.3, -0.25) is 4.99 Å². The fraction of sp³-hybridized carbons (Fsp3) is 0.533. The fourth-order valence-corrected chi connectivity index (χ4v) is 2.04. The summed E-state index contributed by atoms with van der Waals surface area (Å²) in [5.41, 5.74) is 1.39. The van der Waals surface area contributed by atoms with E-state index in [2.05, 4.69) is 36.3 Å². The van der Waals surface area contributed by atoms with E-state index in [9.17, 15) is 0 Å². The van der Waals surface area contributed by atoms with Crippen LogP contribution in [0.2, 0.25) is 0 Å². The number of hydrogen-bond acceptors (Lipinski definition) is 3. The maximum absolute atomic E-state index is 5.84. The highest BCUT2D eigenvalue weighted by molar-refractivity contribution is 5.88. The topological polar surface area (TPSA) is 33.6 Å². The van der Waals surface area contributed by atoms with Crippen LogP contribution in [0.5, 0.6) is 0 Å². The van der Waals surface area contributed by atoms with Crippen LogP contribution in [-0.4, -0.2) is 25.5 Å². The van der Waals surface area contributed by atoms with Crippen LogP contribution in [0.25, 0.3) is 0 Å². The summed E-state index contributed by atoms with van der Waals surface area (Å²) in [5.74, 6) is 0.961. The second kappa shape index (κ2) is 5.53. The molecule has 18 heavy (non-hydrogen) atoms. The lowest BCUT2D eigenvalue weighted by Gasteiger charge is -2.32. The maximum atomic E-state index is 5.84. The van der Waals surface area contributed by atoms with Crippen molar-refractivity contribution in [3.8, 4) is 0 Å². The molecule has 0 aliphatic carbocycles. The molecule has 0 spiro atoms. The molecule has 3 nitrogen and oxygen atoms in total. The second-order valence-corrected chi connectivity index (χ2v) is 5.47. The van der Waals surface area contributed by atoms with Crippen molar-refractivity contribution in [2.75, 3.05) is 19.7 Å². The van der Waals surface area contributed by atoms with Crippen molar-refractivity contribution in [1.82, 2.24) is 5.32 Å². The summed E-state index contributed by atoms with van der Waals surface area (Å²) < 4.78 is 5.84. The number of nitrogens with zero attached hydrogens (tertiary/aromatic N) is 1. The first-order chi connectivity index (χ1) is 8.62. The van der Waals surface area contributed by atoms with Crippen molar-refractivity contribution in [2.45, 2.75) is 26.9 Å². The van der Waals surface area contributed by atoms with Gasteiger partial charge >= 0.3 is 0 Å². The predicted octanol–water partition coefficient (Wildman–Crippen LogP) is 2.79. The van der Waals surface area contributed by atoms with Crippen LogP contribution >= 0.6 is 0 Å². The van der Waals surface area contributed by atoms with Crippen molar-refractivity contribution < 1.29 is 4.74 Å². The highest BCUT2D eigenvalue weighted by Crippen LogP contribution is 2.23. The molecule has 0 amide bonds. The summed E-state index contributed by atoms with van der Waals surface area (Å²) in [7, 11) is 0. The lowest BCUT2D eigenvalue weighted by atomic mass is 9.92. The fourth-order valence-electron chi connectivity index (χ4n) is 2.04. The summed E-state index contributed by atoms with van der Waals surface area (Å²) in [5, 5.41) is 3.42. The van der Waals surface area contributed by atoms with Gasteiger partial charge in [-0.15, -0.1) is 0 Å². The van der Waals surface area contributed by atoms with Gasteiger partial charge in [0.25, 0.3) is 0 Å². The molecule has 3 heteroatoms. The quantitative estimate of drug-likeness (QED) is 0.886. The molecule has 1 N–H and O–H groups in total. The average molecular weight is 246 g/mol. The molecule has 1 atom stereocenters. The van der Waals surface area contributed by atoms with Crippen molar-refractivity contribution >= 4 is 5.84 Å². The molecule has 1 aromatic rings. The van der Waals surface area contributed by atoms with Crippen molar-refractivity contribution in [2.24, 2.45) is 10.4 Å². The molecule has 0 radical (unpaired) electrons. The molecule has 2 rings (SSSR count). The molecule has 1 heterocycles. The minimum absolute atomic E-state index is 0.0627. The monoisotopic (exact) mass is 246 g/mol. The Hall–Kier alpha value is -1.35. The standard InChI is InChI=1S/C15H22N2O/c1-4-18-13(12-8-6-5-7-9-12)14-16-10-15(2,3)11-17-14/h5-9,13H,4,10-11H2,1-3H3,(H,16,17). The molecule has 0 bridgehead atoms. The lowest BCUT2D eigenvalue weighted by molar-refractivity contribution is 0.105. The summed E-state index contributed by atoms with van der Waals surface area (Å²) in [4.78, 5) is 4.66. The Morgan fingerprint density at radius 3 is 2.61 bits per heavy atom. The third-order valence-corrected chi connectivity index (χ3v) is 3.11. The maximum Gasteiger partial charge on any atom is 0.139 e. The summed E-state index contributed by atoms with van der Waals surface area (Å²) in [6.45, 7) is 8.94. The van der Waals surface area contributed by atoms with Crippen LogP contribution in [0.15, 0.2) is 35.3 Å². The van der Waals surface area contributed by atoms with E-state index in [0.29, 0.717) is 6.61 Å².